The molecular formula is C25H34NO7P. The minimum atomic E-state index is -3.91. The maximum Gasteiger partial charge on any atom is 0.587 e. The van der Waals surface area contributed by atoms with Crippen molar-refractivity contribution in [2.24, 2.45) is 0 Å². The molecule has 2 rings (SSSR count). The number of unbranched alkanes of at least 4 members (excludes halogenated alkanes) is 2. The van der Waals surface area contributed by atoms with Gasteiger partial charge in [0.25, 0.3) is 0 Å². The topological polar surface area (TPSA) is 100 Å². The second-order valence-corrected chi connectivity index (χ2v) is 10.2. The van der Waals surface area contributed by atoms with Crippen LogP contribution in [0.4, 0.5) is 0 Å². The highest BCUT2D eigenvalue weighted by Crippen LogP contribution is 2.49. The largest absolute Gasteiger partial charge is 0.587 e. The van der Waals surface area contributed by atoms with E-state index in [9.17, 15) is 14.2 Å². The lowest BCUT2D eigenvalue weighted by atomic mass is 10.1. The molecule has 1 N–H and O–H groups in total. The Morgan fingerprint density at radius 1 is 0.882 bits per heavy atom. The predicted octanol–water partition coefficient (Wildman–Crippen LogP) is 5.68. The van der Waals surface area contributed by atoms with E-state index in [1.807, 2.05) is 12.1 Å². The highest BCUT2D eigenvalue weighted by Gasteiger charge is 2.30. The molecule has 0 aliphatic rings. The van der Waals surface area contributed by atoms with Crippen molar-refractivity contribution in [2.45, 2.75) is 65.0 Å². The number of phosphoric ester groups is 1. The molecule has 9 heteroatoms. The molecule has 2 aromatic carbocycles. The summed E-state index contributed by atoms with van der Waals surface area (Å²) in [4.78, 5) is 24.0. The van der Waals surface area contributed by atoms with Crippen LogP contribution in [0, 0.1) is 0 Å². The van der Waals surface area contributed by atoms with Gasteiger partial charge in [-0.25, -0.2) is 9.36 Å². The molecule has 0 unspecified atom stereocenters. The molecule has 0 aliphatic heterocycles. The predicted molar refractivity (Wildman–Crippen MR) is 130 cm³/mol. The van der Waals surface area contributed by atoms with Gasteiger partial charge in [0.1, 0.15) is 23.1 Å². The SMILES string of the molecule is C[C@H](NC(=O)CCCCCOP(=O)(Oc1ccccc1)Oc1ccccc1)C(=O)OC(C)(C)C. The molecule has 0 bridgehead atoms. The number of para-hydroxylation sites is 2. The fraction of sp³-hybridized carbons (Fsp3) is 0.440. The lowest BCUT2D eigenvalue weighted by Crippen LogP contribution is -2.42. The summed E-state index contributed by atoms with van der Waals surface area (Å²) in [5.74, 6) is 0.0432. The first-order chi connectivity index (χ1) is 16.1. The van der Waals surface area contributed by atoms with Crippen LogP contribution >= 0.6 is 7.82 Å². The lowest BCUT2D eigenvalue weighted by molar-refractivity contribution is -0.158. The molecule has 2 aromatic rings. The quantitative estimate of drug-likeness (QED) is 0.219. The number of hydrogen-bond donors (Lipinski definition) is 1. The second-order valence-electron chi connectivity index (χ2n) is 8.72. The van der Waals surface area contributed by atoms with Gasteiger partial charge >= 0.3 is 13.8 Å². The Hall–Kier alpha value is -2.83. The van der Waals surface area contributed by atoms with Gasteiger partial charge in [-0.2, -0.15) is 0 Å². The van der Waals surface area contributed by atoms with E-state index in [4.69, 9.17) is 18.3 Å². The zero-order valence-electron chi connectivity index (χ0n) is 20.2. The van der Waals surface area contributed by atoms with Crippen LogP contribution in [0.25, 0.3) is 0 Å². The van der Waals surface area contributed by atoms with Crippen molar-refractivity contribution in [1.82, 2.24) is 5.32 Å². The van der Waals surface area contributed by atoms with Gasteiger partial charge in [0, 0.05) is 6.42 Å². The van der Waals surface area contributed by atoms with Gasteiger partial charge in [-0.1, -0.05) is 42.8 Å². The third-order valence-electron chi connectivity index (χ3n) is 4.36. The molecule has 0 spiro atoms. The van der Waals surface area contributed by atoms with Crippen molar-refractivity contribution < 1.29 is 32.5 Å². The molecule has 0 fully saturated rings. The van der Waals surface area contributed by atoms with Gasteiger partial charge in [-0.05, 0) is 64.8 Å². The second kappa shape index (κ2) is 13.2. The lowest BCUT2D eigenvalue weighted by Gasteiger charge is -2.22. The van der Waals surface area contributed by atoms with E-state index in [-0.39, 0.29) is 18.9 Å². The zero-order chi connectivity index (χ0) is 25.0. The van der Waals surface area contributed by atoms with E-state index in [1.165, 1.54) is 0 Å². The Labute approximate surface area is 201 Å². The summed E-state index contributed by atoms with van der Waals surface area (Å²) in [6.07, 6.45) is 2.05. The summed E-state index contributed by atoms with van der Waals surface area (Å²) in [6, 6.07) is 16.6. The minimum Gasteiger partial charge on any atom is -0.458 e. The Morgan fingerprint density at radius 3 is 1.91 bits per heavy atom. The Kier molecular flexibility index (Phi) is 10.6. The Bertz CT molecular complexity index is 899. The first-order valence-electron chi connectivity index (χ1n) is 11.3. The summed E-state index contributed by atoms with van der Waals surface area (Å²) in [6.45, 7) is 7.05. The van der Waals surface area contributed by atoms with Gasteiger partial charge in [-0.3, -0.25) is 9.32 Å². The van der Waals surface area contributed by atoms with Crippen molar-refractivity contribution in [2.75, 3.05) is 6.61 Å². The molecule has 0 radical (unpaired) electrons. The van der Waals surface area contributed by atoms with Crippen molar-refractivity contribution in [3.05, 3.63) is 60.7 Å². The summed E-state index contributed by atoms with van der Waals surface area (Å²) in [5, 5.41) is 2.64. The van der Waals surface area contributed by atoms with Crippen molar-refractivity contribution in [3.63, 3.8) is 0 Å². The molecule has 0 heterocycles. The van der Waals surface area contributed by atoms with Crippen LogP contribution in [-0.2, 0) is 23.4 Å². The molecule has 0 saturated carbocycles. The number of benzene rings is 2. The van der Waals surface area contributed by atoms with Gasteiger partial charge in [0.05, 0.1) is 6.61 Å². The molecule has 0 aromatic heterocycles. The van der Waals surface area contributed by atoms with E-state index < -0.39 is 25.4 Å². The monoisotopic (exact) mass is 491 g/mol. The number of carbonyl (C=O) groups is 2. The Morgan fingerprint density at radius 2 is 1.41 bits per heavy atom. The van der Waals surface area contributed by atoms with E-state index in [0.29, 0.717) is 30.8 Å². The molecule has 0 saturated heterocycles. The van der Waals surface area contributed by atoms with Crippen LogP contribution in [0.15, 0.2) is 60.7 Å². The highest BCUT2D eigenvalue weighted by atomic mass is 31.2. The van der Waals surface area contributed by atoms with Gasteiger partial charge in [0.15, 0.2) is 0 Å². The number of amides is 1. The van der Waals surface area contributed by atoms with Crippen LogP contribution in [-0.4, -0.2) is 30.1 Å². The van der Waals surface area contributed by atoms with E-state index in [0.717, 1.165) is 0 Å². The Balaban J connectivity index is 1.76. The standard InChI is InChI=1S/C25H34NO7P/c1-20(24(28)31-25(2,3)4)26-23(27)18-12-7-13-19-30-34(29,32-21-14-8-5-9-15-21)33-22-16-10-6-11-17-22/h5-6,8-11,14-17,20H,7,12-13,18-19H2,1-4H3,(H,26,27)/t20-/m0/s1. The maximum atomic E-state index is 13.2. The van der Waals surface area contributed by atoms with Gasteiger partial charge in [0.2, 0.25) is 5.91 Å². The molecular weight excluding hydrogens is 457 g/mol. The highest BCUT2D eigenvalue weighted by molar-refractivity contribution is 7.49. The first-order valence-corrected chi connectivity index (χ1v) is 12.8. The number of rotatable bonds is 13. The van der Waals surface area contributed by atoms with Crippen molar-refractivity contribution in [3.8, 4) is 11.5 Å². The average Bonchev–Trinajstić information content (AvgIpc) is 2.76. The number of hydrogen-bond acceptors (Lipinski definition) is 7. The fourth-order valence-corrected chi connectivity index (χ4v) is 4.05. The zero-order valence-corrected chi connectivity index (χ0v) is 21.1. The van der Waals surface area contributed by atoms with Gasteiger partial charge < -0.3 is 19.1 Å². The van der Waals surface area contributed by atoms with Crippen LogP contribution in [0.2, 0.25) is 0 Å². The number of nitrogens with one attached hydrogen (secondary N) is 1. The third kappa shape index (κ3) is 10.9. The molecule has 1 amide bonds. The third-order valence-corrected chi connectivity index (χ3v) is 5.72. The van der Waals surface area contributed by atoms with Crippen LogP contribution in [0.3, 0.4) is 0 Å². The van der Waals surface area contributed by atoms with Crippen molar-refractivity contribution >= 4 is 19.7 Å². The number of phosphoric acid groups is 1. The number of carbonyl (C=O) groups excluding carboxylic acids is 2. The minimum absolute atomic E-state index is 0.132. The van der Waals surface area contributed by atoms with E-state index in [1.54, 1.807) is 76.2 Å². The molecule has 34 heavy (non-hydrogen) atoms. The van der Waals surface area contributed by atoms with Crippen LogP contribution in [0.1, 0.15) is 53.4 Å². The summed E-state index contributed by atoms with van der Waals surface area (Å²) < 4.78 is 35.1. The van der Waals surface area contributed by atoms with Gasteiger partial charge in [-0.15, -0.1) is 0 Å². The number of ether oxygens (including phenoxy) is 1. The molecule has 0 aliphatic carbocycles. The van der Waals surface area contributed by atoms with E-state index >= 15 is 0 Å². The summed E-state index contributed by atoms with van der Waals surface area (Å²) >= 11 is 0. The van der Waals surface area contributed by atoms with Crippen LogP contribution < -0.4 is 14.4 Å². The first kappa shape index (κ1) is 27.4. The summed E-state index contributed by atoms with van der Waals surface area (Å²) in [7, 11) is -3.91. The maximum absolute atomic E-state index is 13.2. The average molecular weight is 492 g/mol. The fourth-order valence-electron chi connectivity index (χ4n) is 2.80. The normalized spacial score (nSPS) is 12.5. The molecule has 186 valence electrons. The molecule has 8 nitrogen and oxygen atoms in total. The van der Waals surface area contributed by atoms with E-state index in [2.05, 4.69) is 5.32 Å². The van der Waals surface area contributed by atoms with Crippen molar-refractivity contribution in [1.29, 1.82) is 0 Å². The molecule has 1 atom stereocenters. The van der Waals surface area contributed by atoms with Crippen LogP contribution in [0.5, 0.6) is 11.5 Å². The number of esters is 1. The summed E-state index contributed by atoms with van der Waals surface area (Å²) in [5.41, 5.74) is -0.607. The smallest absolute Gasteiger partial charge is 0.458 e.